The highest BCUT2D eigenvalue weighted by Crippen LogP contribution is 2.27. The van der Waals surface area contributed by atoms with E-state index in [1.807, 2.05) is 7.05 Å². The predicted molar refractivity (Wildman–Crippen MR) is 90.6 cm³/mol. The number of carbonyl (C=O) groups excluding carboxylic acids is 1. The van der Waals surface area contributed by atoms with Gasteiger partial charge in [0.15, 0.2) is 5.96 Å². The number of nitrogens with one attached hydrogen (secondary N) is 1. The van der Waals surface area contributed by atoms with Crippen molar-refractivity contribution in [3.8, 4) is 0 Å². The number of aliphatic imine (C=N–C) groups is 1. The van der Waals surface area contributed by atoms with Crippen LogP contribution in [0.1, 0.15) is 51.9 Å². The molecule has 1 heterocycles. The van der Waals surface area contributed by atoms with Crippen molar-refractivity contribution in [1.82, 2.24) is 10.2 Å². The van der Waals surface area contributed by atoms with Crippen molar-refractivity contribution >= 4 is 11.9 Å². The van der Waals surface area contributed by atoms with Crippen molar-refractivity contribution in [3.05, 3.63) is 0 Å². The molecule has 5 heteroatoms. The van der Waals surface area contributed by atoms with E-state index in [2.05, 4.69) is 22.1 Å². The summed E-state index contributed by atoms with van der Waals surface area (Å²) in [7, 11) is 1.85. The molecule has 1 unspecified atom stereocenters. The van der Waals surface area contributed by atoms with Crippen LogP contribution in [0.5, 0.6) is 0 Å². The summed E-state index contributed by atoms with van der Waals surface area (Å²) in [4.78, 5) is 17.9. The van der Waals surface area contributed by atoms with Crippen LogP contribution in [-0.2, 0) is 4.79 Å². The molecule has 0 aromatic rings. The zero-order valence-corrected chi connectivity index (χ0v) is 14.2. The van der Waals surface area contributed by atoms with Crippen LogP contribution in [0, 0.1) is 17.8 Å². The molecule has 1 aliphatic carbocycles. The fraction of sp³-hybridized carbons (Fsp3) is 0.882. The molecule has 5 nitrogen and oxygen atoms in total. The Balaban J connectivity index is 1.79. The van der Waals surface area contributed by atoms with Crippen LogP contribution < -0.4 is 11.1 Å². The van der Waals surface area contributed by atoms with E-state index in [1.54, 1.807) is 0 Å². The quantitative estimate of drug-likeness (QED) is 0.616. The molecule has 1 aliphatic heterocycles. The minimum atomic E-state index is -0.189. The third-order valence-electron chi connectivity index (χ3n) is 5.20. The molecule has 3 N–H and O–H groups in total. The smallest absolute Gasteiger partial charge is 0.217 e. The Morgan fingerprint density at radius 1 is 1.23 bits per heavy atom. The summed E-state index contributed by atoms with van der Waals surface area (Å²) in [5.41, 5.74) is 5.34. The molecule has 126 valence electrons. The number of primary amides is 1. The molecular formula is C17H32N4O. The Bertz CT molecular complexity index is 388. The lowest BCUT2D eigenvalue weighted by Gasteiger charge is -2.35. The normalized spacial score (nSPS) is 30.2. The maximum absolute atomic E-state index is 11.1. The number of piperidine rings is 1. The van der Waals surface area contributed by atoms with Crippen LogP contribution in [0.4, 0.5) is 0 Å². The summed E-state index contributed by atoms with van der Waals surface area (Å²) in [6.07, 6.45) is 8.07. The maximum atomic E-state index is 11.1. The number of carbonyl (C=O) groups is 1. The molecule has 0 radical (unpaired) electrons. The van der Waals surface area contributed by atoms with Gasteiger partial charge in [0.1, 0.15) is 0 Å². The number of likely N-dealkylation sites (tertiary alicyclic amines) is 1. The second-order valence-corrected chi connectivity index (χ2v) is 7.18. The molecule has 22 heavy (non-hydrogen) atoms. The van der Waals surface area contributed by atoms with E-state index in [-0.39, 0.29) is 5.91 Å². The topological polar surface area (TPSA) is 70.7 Å². The van der Waals surface area contributed by atoms with Crippen molar-refractivity contribution in [3.63, 3.8) is 0 Å². The summed E-state index contributed by atoms with van der Waals surface area (Å²) in [5, 5.41) is 3.56. The number of hydrogen-bond donors (Lipinski definition) is 2. The first-order valence-electron chi connectivity index (χ1n) is 8.82. The van der Waals surface area contributed by atoms with Crippen LogP contribution in [0.15, 0.2) is 4.99 Å². The van der Waals surface area contributed by atoms with Crippen LogP contribution in [0.3, 0.4) is 0 Å². The maximum Gasteiger partial charge on any atom is 0.217 e. The molecule has 2 rings (SSSR count). The van der Waals surface area contributed by atoms with Gasteiger partial charge in [-0.2, -0.15) is 0 Å². The summed E-state index contributed by atoms with van der Waals surface area (Å²) < 4.78 is 0. The second kappa shape index (κ2) is 8.39. The lowest BCUT2D eigenvalue weighted by atomic mass is 9.83. The highest BCUT2D eigenvalue weighted by Gasteiger charge is 2.24. The number of amides is 1. The van der Waals surface area contributed by atoms with Gasteiger partial charge in [0, 0.05) is 33.1 Å². The van der Waals surface area contributed by atoms with Gasteiger partial charge in [-0.3, -0.25) is 9.79 Å². The van der Waals surface area contributed by atoms with Crippen LogP contribution >= 0.6 is 0 Å². The van der Waals surface area contributed by atoms with Gasteiger partial charge in [-0.15, -0.1) is 0 Å². The SMILES string of the molecule is CN=C(NCC1CCC(C)CC1)N1CCCC(CC(N)=O)C1. The van der Waals surface area contributed by atoms with Crippen molar-refractivity contribution < 1.29 is 4.79 Å². The third kappa shape index (κ3) is 5.18. The van der Waals surface area contributed by atoms with Crippen LogP contribution in [0.25, 0.3) is 0 Å². The van der Waals surface area contributed by atoms with Crippen molar-refractivity contribution in [2.24, 2.45) is 28.5 Å². The fourth-order valence-corrected chi connectivity index (χ4v) is 3.81. The number of nitrogens with two attached hydrogens (primary N) is 1. The number of guanidine groups is 1. The fourth-order valence-electron chi connectivity index (χ4n) is 3.81. The first-order chi connectivity index (χ1) is 10.6. The Hall–Kier alpha value is -1.26. The molecule has 1 atom stereocenters. The average Bonchev–Trinajstić information content (AvgIpc) is 2.49. The first kappa shape index (κ1) is 17.1. The standard InChI is InChI=1S/C17H32N4O/c1-13-5-7-14(8-6-13)11-20-17(19-2)21-9-3-4-15(12-21)10-16(18)22/h13-15H,3-12H2,1-2H3,(H2,18,22)(H,19,20). The van der Waals surface area contributed by atoms with E-state index in [0.29, 0.717) is 12.3 Å². The van der Waals surface area contributed by atoms with Crippen molar-refractivity contribution in [2.75, 3.05) is 26.7 Å². The number of rotatable bonds is 4. The van der Waals surface area contributed by atoms with Crippen molar-refractivity contribution in [1.29, 1.82) is 0 Å². The van der Waals surface area contributed by atoms with Gasteiger partial charge in [-0.1, -0.05) is 19.8 Å². The first-order valence-corrected chi connectivity index (χ1v) is 8.82. The molecule has 0 aromatic carbocycles. The van der Waals surface area contributed by atoms with Gasteiger partial charge in [0.05, 0.1) is 0 Å². The van der Waals surface area contributed by atoms with E-state index in [0.717, 1.165) is 50.3 Å². The molecule has 0 spiro atoms. The van der Waals surface area contributed by atoms with Crippen LogP contribution in [-0.4, -0.2) is 43.4 Å². The van der Waals surface area contributed by atoms with Gasteiger partial charge in [0.25, 0.3) is 0 Å². The van der Waals surface area contributed by atoms with E-state index in [9.17, 15) is 4.79 Å². The Kier molecular flexibility index (Phi) is 6.52. The zero-order chi connectivity index (χ0) is 15.9. The molecule has 1 saturated carbocycles. The predicted octanol–water partition coefficient (Wildman–Crippen LogP) is 1.98. The summed E-state index contributed by atoms with van der Waals surface area (Å²) in [6.45, 7) is 5.30. The molecule has 0 aromatic heterocycles. The lowest BCUT2D eigenvalue weighted by Crippen LogP contribution is -2.48. The average molecular weight is 308 g/mol. The molecule has 1 saturated heterocycles. The van der Waals surface area contributed by atoms with E-state index in [1.165, 1.54) is 25.7 Å². The Morgan fingerprint density at radius 3 is 2.59 bits per heavy atom. The largest absolute Gasteiger partial charge is 0.370 e. The number of nitrogens with zero attached hydrogens (tertiary/aromatic N) is 2. The van der Waals surface area contributed by atoms with Gasteiger partial charge in [-0.05, 0) is 43.4 Å². The third-order valence-corrected chi connectivity index (χ3v) is 5.20. The van der Waals surface area contributed by atoms with Gasteiger partial charge < -0.3 is 16.0 Å². The van der Waals surface area contributed by atoms with Gasteiger partial charge in [0.2, 0.25) is 5.91 Å². The monoisotopic (exact) mass is 308 g/mol. The second-order valence-electron chi connectivity index (χ2n) is 7.18. The molecular weight excluding hydrogens is 276 g/mol. The number of hydrogen-bond acceptors (Lipinski definition) is 2. The van der Waals surface area contributed by atoms with Crippen molar-refractivity contribution in [2.45, 2.75) is 51.9 Å². The van der Waals surface area contributed by atoms with E-state index in [4.69, 9.17) is 5.73 Å². The zero-order valence-electron chi connectivity index (χ0n) is 14.2. The summed E-state index contributed by atoms with van der Waals surface area (Å²) >= 11 is 0. The van der Waals surface area contributed by atoms with E-state index >= 15 is 0 Å². The van der Waals surface area contributed by atoms with Crippen LogP contribution in [0.2, 0.25) is 0 Å². The Labute approximate surface area is 134 Å². The highest BCUT2D eigenvalue weighted by atomic mass is 16.1. The van der Waals surface area contributed by atoms with E-state index < -0.39 is 0 Å². The minimum Gasteiger partial charge on any atom is -0.370 e. The molecule has 2 fully saturated rings. The Morgan fingerprint density at radius 2 is 1.95 bits per heavy atom. The lowest BCUT2D eigenvalue weighted by molar-refractivity contribution is -0.119. The molecule has 2 aliphatic rings. The van der Waals surface area contributed by atoms with Gasteiger partial charge in [-0.25, -0.2) is 0 Å². The highest BCUT2D eigenvalue weighted by molar-refractivity contribution is 5.80. The minimum absolute atomic E-state index is 0.189. The van der Waals surface area contributed by atoms with Gasteiger partial charge >= 0.3 is 0 Å². The summed E-state index contributed by atoms with van der Waals surface area (Å²) in [5.74, 6) is 2.85. The summed E-state index contributed by atoms with van der Waals surface area (Å²) in [6, 6.07) is 0. The molecule has 0 bridgehead atoms. The molecule has 1 amide bonds.